The minimum absolute atomic E-state index is 0.133. The molecule has 0 radical (unpaired) electrons. The standard InChI is InChI=1S/C9H18O2/c1-7(2)5-6-9(11-4)8(3)10/h7,9H,5-6H2,1-4H3. The third-order valence-corrected chi connectivity index (χ3v) is 1.74. The van der Waals surface area contributed by atoms with Crippen LogP contribution in [0.4, 0.5) is 0 Å². The lowest BCUT2D eigenvalue weighted by Gasteiger charge is -2.12. The van der Waals surface area contributed by atoms with Crippen LogP contribution in [0.2, 0.25) is 0 Å². The second-order valence-corrected chi connectivity index (χ2v) is 3.31. The molecule has 2 heteroatoms. The molecular formula is C9H18O2. The van der Waals surface area contributed by atoms with Crippen LogP contribution >= 0.6 is 0 Å². The quantitative estimate of drug-likeness (QED) is 0.612. The Morgan fingerprint density at radius 1 is 1.36 bits per heavy atom. The van der Waals surface area contributed by atoms with E-state index in [0.29, 0.717) is 5.92 Å². The van der Waals surface area contributed by atoms with Crippen molar-refractivity contribution in [1.82, 2.24) is 0 Å². The molecular weight excluding hydrogens is 140 g/mol. The van der Waals surface area contributed by atoms with Crippen LogP contribution < -0.4 is 0 Å². The number of hydrogen-bond donors (Lipinski definition) is 0. The van der Waals surface area contributed by atoms with Crippen molar-refractivity contribution in [3.05, 3.63) is 0 Å². The number of hydrogen-bond acceptors (Lipinski definition) is 2. The van der Waals surface area contributed by atoms with Crippen LogP contribution in [0.3, 0.4) is 0 Å². The first kappa shape index (κ1) is 10.6. The number of ketones is 1. The molecule has 0 rings (SSSR count). The monoisotopic (exact) mass is 158 g/mol. The summed E-state index contributed by atoms with van der Waals surface area (Å²) in [6.07, 6.45) is 1.72. The van der Waals surface area contributed by atoms with Crippen molar-refractivity contribution < 1.29 is 9.53 Å². The fourth-order valence-corrected chi connectivity index (χ4v) is 0.972. The third-order valence-electron chi connectivity index (χ3n) is 1.74. The Bertz CT molecular complexity index is 119. The summed E-state index contributed by atoms with van der Waals surface area (Å²) in [7, 11) is 1.59. The molecule has 0 fully saturated rings. The molecule has 1 atom stereocenters. The van der Waals surface area contributed by atoms with Gasteiger partial charge in [-0.25, -0.2) is 0 Å². The Morgan fingerprint density at radius 3 is 2.18 bits per heavy atom. The molecule has 2 nitrogen and oxygen atoms in total. The summed E-state index contributed by atoms with van der Waals surface area (Å²) in [5, 5.41) is 0. The van der Waals surface area contributed by atoms with Crippen molar-refractivity contribution in [2.75, 3.05) is 7.11 Å². The zero-order chi connectivity index (χ0) is 8.85. The first-order chi connectivity index (χ1) is 5.07. The van der Waals surface area contributed by atoms with Gasteiger partial charge in [0.2, 0.25) is 0 Å². The van der Waals surface area contributed by atoms with E-state index >= 15 is 0 Å². The maximum Gasteiger partial charge on any atom is 0.158 e. The van der Waals surface area contributed by atoms with Crippen LogP contribution in [0.1, 0.15) is 33.6 Å². The number of rotatable bonds is 5. The Morgan fingerprint density at radius 2 is 1.91 bits per heavy atom. The summed E-state index contributed by atoms with van der Waals surface area (Å²) < 4.78 is 5.01. The van der Waals surface area contributed by atoms with Gasteiger partial charge in [0, 0.05) is 7.11 Å². The molecule has 0 aliphatic carbocycles. The van der Waals surface area contributed by atoms with Gasteiger partial charge in [0.25, 0.3) is 0 Å². The normalized spacial score (nSPS) is 13.5. The van der Waals surface area contributed by atoms with Gasteiger partial charge in [0.15, 0.2) is 5.78 Å². The lowest BCUT2D eigenvalue weighted by Crippen LogP contribution is -2.20. The number of methoxy groups -OCH3 is 1. The SMILES string of the molecule is COC(CCC(C)C)C(C)=O. The molecule has 0 aliphatic heterocycles. The minimum atomic E-state index is -0.183. The third kappa shape index (κ3) is 4.96. The maximum atomic E-state index is 10.9. The van der Waals surface area contributed by atoms with Crippen molar-refractivity contribution in [3.63, 3.8) is 0 Å². The van der Waals surface area contributed by atoms with E-state index in [9.17, 15) is 4.79 Å². The van der Waals surface area contributed by atoms with Crippen LogP contribution in [0, 0.1) is 5.92 Å². The Kier molecular flexibility index (Phi) is 5.12. The smallest absolute Gasteiger partial charge is 0.158 e. The molecule has 0 amide bonds. The van der Waals surface area contributed by atoms with E-state index in [0.717, 1.165) is 12.8 Å². The molecule has 0 aromatic carbocycles. The van der Waals surface area contributed by atoms with E-state index in [1.807, 2.05) is 0 Å². The van der Waals surface area contributed by atoms with Crippen LogP contribution in [-0.4, -0.2) is 19.0 Å². The predicted molar refractivity (Wildman–Crippen MR) is 45.6 cm³/mol. The van der Waals surface area contributed by atoms with E-state index in [1.165, 1.54) is 0 Å². The summed E-state index contributed by atoms with van der Waals surface area (Å²) >= 11 is 0. The van der Waals surface area contributed by atoms with E-state index in [4.69, 9.17) is 4.74 Å². The molecule has 0 saturated heterocycles. The van der Waals surface area contributed by atoms with Gasteiger partial charge in [0.05, 0.1) is 0 Å². The molecule has 0 aliphatic rings. The number of carbonyl (C=O) groups is 1. The van der Waals surface area contributed by atoms with Gasteiger partial charge >= 0.3 is 0 Å². The summed E-state index contributed by atoms with van der Waals surface area (Å²) in [6.45, 7) is 5.87. The van der Waals surface area contributed by atoms with Gasteiger partial charge in [-0.3, -0.25) is 4.79 Å². The fourth-order valence-electron chi connectivity index (χ4n) is 0.972. The number of carbonyl (C=O) groups excluding carboxylic acids is 1. The largest absolute Gasteiger partial charge is 0.374 e. The van der Waals surface area contributed by atoms with E-state index in [1.54, 1.807) is 14.0 Å². The maximum absolute atomic E-state index is 10.9. The van der Waals surface area contributed by atoms with Crippen molar-refractivity contribution in [2.45, 2.75) is 39.7 Å². The Hall–Kier alpha value is -0.370. The highest BCUT2D eigenvalue weighted by Crippen LogP contribution is 2.09. The molecule has 0 bridgehead atoms. The Balaban J connectivity index is 3.61. The highest BCUT2D eigenvalue weighted by Gasteiger charge is 2.12. The van der Waals surface area contributed by atoms with Crippen LogP contribution in [0.5, 0.6) is 0 Å². The van der Waals surface area contributed by atoms with Crippen molar-refractivity contribution in [1.29, 1.82) is 0 Å². The average molecular weight is 158 g/mol. The van der Waals surface area contributed by atoms with Crippen LogP contribution in [0.15, 0.2) is 0 Å². The molecule has 0 N–H and O–H groups in total. The first-order valence-corrected chi connectivity index (χ1v) is 4.11. The summed E-state index contributed by atoms with van der Waals surface area (Å²) in [6, 6.07) is 0. The van der Waals surface area contributed by atoms with E-state index in [-0.39, 0.29) is 11.9 Å². The van der Waals surface area contributed by atoms with E-state index in [2.05, 4.69) is 13.8 Å². The molecule has 0 saturated carbocycles. The topological polar surface area (TPSA) is 26.3 Å². The Labute approximate surface area is 68.9 Å². The lowest BCUT2D eigenvalue weighted by molar-refractivity contribution is -0.127. The molecule has 0 spiro atoms. The molecule has 66 valence electrons. The molecule has 11 heavy (non-hydrogen) atoms. The zero-order valence-corrected chi connectivity index (χ0v) is 7.89. The highest BCUT2D eigenvalue weighted by molar-refractivity contribution is 5.80. The van der Waals surface area contributed by atoms with Crippen LogP contribution in [-0.2, 0) is 9.53 Å². The molecule has 1 unspecified atom stereocenters. The van der Waals surface area contributed by atoms with Crippen molar-refractivity contribution >= 4 is 5.78 Å². The number of Topliss-reactive ketones (excluding diaryl/α,β-unsaturated/α-hetero) is 1. The second-order valence-electron chi connectivity index (χ2n) is 3.31. The van der Waals surface area contributed by atoms with Gasteiger partial charge in [-0.15, -0.1) is 0 Å². The number of ether oxygens (including phenoxy) is 1. The molecule has 0 aromatic rings. The van der Waals surface area contributed by atoms with Crippen molar-refractivity contribution in [2.24, 2.45) is 5.92 Å². The van der Waals surface area contributed by atoms with Crippen LogP contribution in [0.25, 0.3) is 0 Å². The van der Waals surface area contributed by atoms with Gasteiger partial charge in [-0.1, -0.05) is 13.8 Å². The average Bonchev–Trinajstić information content (AvgIpc) is 1.87. The highest BCUT2D eigenvalue weighted by atomic mass is 16.5. The van der Waals surface area contributed by atoms with Gasteiger partial charge in [-0.2, -0.15) is 0 Å². The van der Waals surface area contributed by atoms with Crippen molar-refractivity contribution in [3.8, 4) is 0 Å². The first-order valence-electron chi connectivity index (χ1n) is 4.11. The predicted octanol–water partition coefficient (Wildman–Crippen LogP) is 2.03. The molecule has 0 heterocycles. The second kappa shape index (κ2) is 5.30. The lowest BCUT2D eigenvalue weighted by atomic mass is 10.0. The fraction of sp³-hybridized carbons (Fsp3) is 0.889. The summed E-state index contributed by atoms with van der Waals surface area (Å²) in [5.74, 6) is 0.778. The van der Waals surface area contributed by atoms with Gasteiger partial charge in [-0.05, 0) is 25.7 Å². The summed E-state index contributed by atoms with van der Waals surface area (Å²) in [4.78, 5) is 10.9. The summed E-state index contributed by atoms with van der Waals surface area (Å²) in [5.41, 5.74) is 0. The van der Waals surface area contributed by atoms with Gasteiger partial charge < -0.3 is 4.74 Å². The van der Waals surface area contributed by atoms with E-state index < -0.39 is 0 Å². The van der Waals surface area contributed by atoms with Gasteiger partial charge in [0.1, 0.15) is 6.10 Å². The zero-order valence-electron chi connectivity index (χ0n) is 7.89. The minimum Gasteiger partial charge on any atom is -0.374 e. The molecule has 0 aromatic heterocycles.